The van der Waals surface area contributed by atoms with Crippen molar-refractivity contribution < 1.29 is 0 Å². The van der Waals surface area contributed by atoms with Gasteiger partial charge in [0.05, 0.1) is 5.69 Å². The Kier molecular flexibility index (Phi) is 8.51. The molecule has 19 heavy (non-hydrogen) atoms. The number of pyridine rings is 1. The fourth-order valence-corrected chi connectivity index (χ4v) is 1.41. The average Bonchev–Trinajstić information content (AvgIpc) is 2.95. The van der Waals surface area contributed by atoms with Gasteiger partial charge >= 0.3 is 0 Å². The molecule has 0 saturated heterocycles. The molecule has 0 aliphatic carbocycles. The van der Waals surface area contributed by atoms with Crippen LogP contribution >= 0.6 is 0 Å². The third kappa shape index (κ3) is 4.86. The van der Waals surface area contributed by atoms with Gasteiger partial charge in [-0.15, -0.1) is 0 Å². The van der Waals surface area contributed by atoms with Gasteiger partial charge in [-0.3, -0.25) is 0 Å². The van der Waals surface area contributed by atoms with Crippen molar-refractivity contribution in [3.8, 4) is 5.82 Å². The lowest BCUT2D eigenvalue weighted by Crippen LogP contribution is -2.00. The maximum atomic E-state index is 4.42. The summed E-state index contributed by atoms with van der Waals surface area (Å²) in [4.78, 5) is 4.36. The number of aryl methyl sites for hydroxylation is 3. The topological polar surface area (TPSA) is 30.7 Å². The second-order valence-electron chi connectivity index (χ2n) is 3.73. The van der Waals surface area contributed by atoms with Crippen molar-refractivity contribution in [3.05, 3.63) is 41.3 Å². The van der Waals surface area contributed by atoms with Crippen molar-refractivity contribution in [2.75, 3.05) is 0 Å². The first-order valence-electron chi connectivity index (χ1n) is 7.19. The Bertz CT molecular complexity index is 473. The lowest BCUT2D eigenvalue weighted by molar-refractivity contribution is 0.813. The first kappa shape index (κ1) is 17.4. The van der Waals surface area contributed by atoms with E-state index in [0.717, 1.165) is 17.9 Å². The lowest BCUT2D eigenvalue weighted by Gasteiger charge is -2.03. The van der Waals surface area contributed by atoms with Gasteiger partial charge in [-0.05, 0) is 43.5 Å². The number of hydrogen-bond donors (Lipinski definition) is 0. The number of hydrogen-bond acceptors (Lipinski definition) is 2. The summed E-state index contributed by atoms with van der Waals surface area (Å²) in [6.45, 7) is 14.2. The average molecular weight is 261 g/mol. The summed E-state index contributed by atoms with van der Waals surface area (Å²) in [6, 6.07) is 4.08. The van der Waals surface area contributed by atoms with Gasteiger partial charge in [-0.25, -0.2) is 9.67 Å². The molecule has 3 nitrogen and oxygen atoms in total. The van der Waals surface area contributed by atoms with Crippen LogP contribution < -0.4 is 0 Å². The molecule has 3 heteroatoms. The Morgan fingerprint density at radius 3 is 2.16 bits per heavy atom. The van der Waals surface area contributed by atoms with Crippen LogP contribution in [0.4, 0.5) is 0 Å². The molecule has 0 spiro atoms. The minimum Gasteiger partial charge on any atom is -0.237 e. The second kappa shape index (κ2) is 9.31. The maximum Gasteiger partial charge on any atom is 0.153 e. The molecule has 2 heterocycles. The summed E-state index contributed by atoms with van der Waals surface area (Å²) in [5.74, 6) is 0.887. The molecule has 2 aromatic heterocycles. The van der Waals surface area contributed by atoms with E-state index < -0.39 is 0 Å². The molecule has 0 unspecified atom stereocenters. The standard InChI is InChI=1S/C12H15N3.2C2H6/c1-4-11-5-6-15(14-11)12-7-9(2)10(3)8-13-12;2*1-2/h5-8H,4H2,1-3H3;2*1-2H3. The van der Waals surface area contributed by atoms with Crippen LogP contribution in [-0.4, -0.2) is 14.8 Å². The van der Waals surface area contributed by atoms with E-state index in [9.17, 15) is 0 Å². The Morgan fingerprint density at radius 2 is 1.68 bits per heavy atom. The van der Waals surface area contributed by atoms with E-state index in [0.29, 0.717) is 0 Å². The molecular formula is C16H27N3. The minimum atomic E-state index is 0.887. The third-order valence-electron chi connectivity index (χ3n) is 2.60. The van der Waals surface area contributed by atoms with Crippen LogP contribution in [0.5, 0.6) is 0 Å². The van der Waals surface area contributed by atoms with Crippen molar-refractivity contribution in [3.63, 3.8) is 0 Å². The minimum absolute atomic E-state index is 0.887. The number of aromatic nitrogens is 3. The van der Waals surface area contributed by atoms with E-state index in [1.807, 2.05) is 50.8 Å². The van der Waals surface area contributed by atoms with Gasteiger partial charge in [0.2, 0.25) is 0 Å². The SMILES string of the molecule is CC.CC.CCc1ccn(-c2cc(C)c(C)cn2)n1. The first-order chi connectivity index (χ1) is 9.20. The van der Waals surface area contributed by atoms with E-state index in [1.54, 1.807) is 0 Å². The van der Waals surface area contributed by atoms with Gasteiger partial charge in [0, 0.05) is 12.4 Å². The quantitative estimate of drug-likeness (QED) is 0.797. The van der Waals surface area contributed by atoms with Crippen molar-refractivity contribution in [2.45, 2.75) is 54.9 Å². The molecule has 2 rings (SSSR count). The van der Waals surface area contributed by atoms with Crippen molar-refractivity contribution in [1.29, 1.82) is 0 Å². The van der Waals surface area contributed by atoms with E-state index in [4.69, 9.17) is 0 Å². The zero-order valence-corrected chi connectivity index (χ0v) is 13.4. The Labute approximate surface area is 117 Å². The molecule has 106 valence electrons. The molecule has 0 amide bonds. The van der Waals surface area contributed by atoms with Crippen LogP contribution in [0.25, 0.3) is 5.82 Å². The van der Waals surface area contributed by atoms with Gasteiger partial charge in [-0.1, -0.05) is 34.6 Å². The zero-order valence-electron chi connectivity index (χ0n) is 13.4. The van der Waals surface area contributed by atoms with Gasteiger partial charge < -0.3 is 0 Å². The molecule has 0 saturated carbocycles. The van der Waals surface area contributed by atoms with Crippen molar-refractivity contribution >= 4 is 0 Å². The Balaban J connectivity index is 0.000000741. The Hall–Kier alpha value is -1.64. The fourth-order valence-electron chi connectivity index (χ4n) is 1.41. The van der Waals surface area contributed by atoms with Crippen LogP contribution in [0, 0.1) is 13.8 Å². The van der Waals surface area contributed by atoms with Crippen LogP contribution in [0.15, 0.2) is 24.5 Å². The second-order valence-corrected chi connectivity index (χ2v) is 3.73. The predicted octanol–water partition coefficient (Wildman–Crippen LogP) is 4.50. The third-order valence-corrected chi connectivity index (χ3v) is 2.60. The van der Waals surface area contributed by atoms with Crippen molar-refractivity contribution in [1.82, 2.24) is 14.8 Å². The van der Waals surface area contributed by atoms with Crippen LogP contribution in [0.2, 0.25) is 0 Å². The molecule has 0 aliphatic heterocycles. The predicted molar refractivity (Wildman–Crippen MR) is 82.9 cm³/mol. The van der Waals surface area contributed by atoms with Crippen LogP contribution in [0.1, 0.15) is 51.4 Å². The van der Waals surface area contributed by atoms with Crippen LogP contribution in [0.3, 0.4) is 0 Å². The summed E-state index contributed by atoms with van der Waals surface area (Å²) in [5.41, 5.74) is 3.55. The molecule has 0 aromatic carbocycles. The fraction of sp³-hybridized carbons (Fsp3) is 0.500. The highest BCUT2D eigenvalue weighted by atomic mass is 15.3. The number of nitrogens with zero attached hydrogens (tertiary/aromatic N) is 3. The molecule has 0 atom stereocenters. The van der Waals surface area contributed by atoms with Crippen LogP contribution in [-0.2, 0) is 6.42 Å². The molecule has 0 fully saturated rings. The lowest BCUT2D eigenvalue weighted by atomic mass is 10.2. The van der Waals surface area contributed by atoms with Gasteiger partial charge in [0.15, 0.2) is 5.82 Å². The highest BCUT2D eigenvalue weighted by Gasteiger charge is 2.02. The molecule has 0 radical (unpaired) electrons. The van der Waals surface area contributed by atoms with E-state index in [-0.39, 0.29) is 0 Å². The number of rotatable bonds is 2. The molecular weight excluding hydrogens is 234 g/mol. The van der Waals surface area contributed by atoms with Gasteiger partial charge in [-0.2, -0.15) is 5.10 Å². The summed E-state index contributed by atoms with van der Waals surface area (Å²) in [7, 11) is 0. The molecule has 0 bridgehead atoms. The first-order valence-corrected chi connectivity index (χ1v) is 7.19. The highest BCUT2D eigenvalue weighted by Crippen LogP contribution is 2.10. The highest BCUT2D eigenvalue weighted by molar-refractivity contribution is 5.31. The van der Waals surface area contributed by atoms with E-state index >= 15 is 0 Å². The van der Waals surface area contributed by atoms with Gasteiger partial charge in [0.1, 0.15) is 0 Å². The van der Waals surface area contributed by atoms with Gasteiger partial charge in [0.25, 0.3) is 0 Å². The summed E-state index contributed by atoms with van der Waals surface area (Å²) in [5, 5.41) is 4.42. The van der Waals surface area contributed by atoms with E-state index in [1.165, 1.54) is 11.1 Å². The molecule has 0 aliphatic rings. The summed E-state index contributed by atoms with van der Waals surface area (Å²) < 4.78 is 1.82. The summed E-state index contributed by atoms with van der Waals surface area (Å²) >= 11 is 0. The van der Waals surface area contributed by atoms with Crippen molar-refractivity contribution in [2.24, 2.45) is 0 Å². The smallest absolute Gasteiger partial charge is 0.153 e. The molecule has 2 aromatic rings. The monoisotopic (exact) mass is 261 g/mol. The van der Waals surface area contributed by atoms with E-state index in [2.05, 4.69) is 36.9 Å². The Morgan fingerprint density at radius 1 is 1.05 bits per heavy atom. The maximum absolute atomic E-state index is 4.42. The zero-order chi connectivity index (χ0) is 14.8. The normalized spacial score (nSPS) is 9.00. The molecule has 0 N–H and O–H groups in total. The largest absolute Gasteiger partial charge is 0.237 e. The summed E-state index contributed by atoms with van der Waals surface area (Å²) in [6.07, 6.45) is 4.80.